The minimum absolute atomic E-state index is 0.197. The Bertz CT molecular complexity index is 1410. The highest BCUT2D eigenvalue weighted by atomic mass is 32.2. The molecule has 0 fully saturated rings. The second-order valence-electron chi connectivity index (χ2n) is 7.47. The molecule has 3 heterocycles. The van der Waals surface area contributed by atoms with Crippen molar-refractivity contribution in [3.8, 4) is 0 Å². The Labute approximate surface area is 171 Å². The number of benzene rings is 1. The lowest BCUT2D eigenvalue weighted by molar-refractivity contribution is -0.119. The number of sulfone groups is 1. The van der Waals surface area contributed by atoms with E-state index in [0.29, 0.717) is 25.1 Å². The monoisotopic (exact) mass is 431 g/mol. The normalized spacial score (nSPS) is 14.2. The zero-order chi connectivity index (χ0) is 21.8. The number of hydrogen-bond acceptors (Lipinski definition) is 6. The van der Waals surface area contributed by atoms with Crippen molar-refractivity contribution in [1.82, 2.24) is 18.7 Å². The first-order chi connectivity index (χ1) is 14.1. The third-order valence-electron chi connectivity index (χ3n) is 5.39. The number of aromatic nitrogens is 4. The molecule has 0 aliphatic carbocycles. The molecule has 30 heavy (non-hydrogen) atoms. The quantitative estimate of drug-likeness (QED) is 0.568. The van der Waals surface area contributed by atoms with Crippen LogP contribution in [-0.2, 0) is 41.7 Å². The molecule has 11 heteroatoms. The molecule has 1 amide bonds. The summed E-state index contributed by atoms with van der Waals surface area (Å²) in [7, 11) is -0.212. The molecular formula is C19H21N5O5S. The van der Waals surface area contributed by atoms with E-state index in [9.17, 15) is 22.8 Å². The van der Waals surface area contributed by atoms with Crippen LogP contribution in [0.3, 0.4) is 0 Å². The summed E-state index contributed by atoms with van der Waals surface area (Å²) < 4.78 is 27.3. The third kappa shape index (κ3) is 3.15. The van der Waals surface area contributed by atoms with Gasteiger partial charge in [-0.05, 0) is 36.6 Å². The topological polar surface area (TPSA) is 116 Å². The summed E-state index contributed by atoms with van der Waals surface area (Å²) in [6, 6.07) is 4.65. The first-order valence-electron chi connectivity index (χ1n) is 9.34. The number of hydrogen-bond donors (Lipinski definition) is 0. The summed E-state index contributed by atoms with van der Waals surface area (Å²) in [4.78, 5) is 44.4. The molecule has 0 atom stereocenters. The van der Waals surface area contributed by atoms with Gasteiger partial charge in [-0.2, -0.15) is 0 Å². The molecule has 4 rings (SSSR count). The van der Waals surface area contributed by atoms with Crippen molar-refractivity contribution in [2.24, 2.45) is 14.1 Å². The molecule has 0 radical (unpaired) electrons. The zero-order valence-corrected chi connectivity index (χ0v) is 17.6. The number of fused-ring (bicyclic) bond motifs is 2. The number of imidazole rings is 1. The van der Waals surface area contributed by atoms with Crippen LogP contribution in [0.2, 0.25) is 0 Å². The van der Waals surface area contributed by atoms with Gasteiger partial charge in [0.15, 0.2) is 21.0 Å². The van der Waals surface area contributed by atoms with E-state index in [4.69, 9.17) is 0 Å². The van der Waals surface area contributed by atoms with Gasteiger partial charge in [0.1, 0.15) is 6.54 Å². The maximum atomic E-state index is 13.1. The van der Waals surface area contributed by atoms with Crippen molar-refractivity contribution in [3.63, 3.8) is 0 Å². The summed E-state index contributed by atoms with van der Waals surface area (Å²) in [6.45, 7) is 0.00691. The predicted octanol–water partition coefficient (Wildman–Crippen LogP) is -0.183. The van der Waals surface area contributed by atoms with Gasteiger partial charge in [0.2, 0.25) is 5.91 Å². The smallest absolute Gasteiger partial charge is 0.328 e. The highest BCUT2D eigenvalue weighted by molar-refractivity contribution is 7.90. The van der Waals surface area contributed by atoms with Crippen LogP contribution in [0.15, 0.2) is 39.0 Å². The van der Waals surface area contributed by atoms with Crippen LogP contribution in [0.1, 0.15) is 12.0 Å². The fourth-order valence-corrected chi connectivity index (χ4v) is 4.49. The Morgan fingerprint density at radius 1 is 1.20 bits per heavy atom. The van der Waals surface area contributed by atoms with Crippen LogP contribution >= 0.6 is 0 Å². The van der Waals surface area contributed by atoms with Crippen LogP contribution in [0.4, 0.5) is 5.69 Å². The van der Waals surface area contributed by atoms with E-state index in [1.54, 1.807) is 19.2 Å². The molecule has 1 aliphatic heterocycles. The van der Waals surface area contributed by atoms with Crippen LogP contribution in [0.5, 0.6) is 0 Å². The molecule has 0 saturated heterocycles. The number of aryl methyl sites for hydroxylation is 3. The zero-order valence-electron chi connectivity index (χ0n) is 16.8. The molecule has 0 unspecified atom stereocenters. The molecule has 3 aromatic rings. The van der Waals surface area contributed by atoms with E-state index in [2.05, 4.69) is 4.98 Å². The summed E-state index contributed by atoms with van der Waals surface area (Å²) >= 11 is 0. The number of amides is 1. The molecule has 10 nitrogen and oxygen atoms in total. The molecule has 1 aliphatic rings. The third-order valence-corrected chi connectivity index (χ3v) is 6.50. The lowest BCUT2D eigenvalue weighted by atomic mass is 10.0. The maximum absolute atomic E-state index is 13.1. The Morgan fingerprint density at radius 2 is 1.93 bits per heavy atom. The van der Waals surface area contributed by atoms with Gasteiger partial charge in [0, 0.05) is 32.6 Å². The van der Waals surface area contributed by atoms with Gasteiger partial charge in [-0.3, -0.25) is 14.2 Å². The summed E-state index contributed by atoms with van der Waals surface area (Å²) in [5.74, 6) is -0.413. The Kier molecular flexibility index (Phi) is 4.64. The minimum Gasteiger partial charge on any atom is -0.328 e. The summed E-state index contributed by atoms with van der Waals surface area (Å²) in [5.41, 5.74) is 0.648. The van der Waals surface area contributed by atoms with Gasteiger partial charge in [-0.25, -0.2) is 22.8 Å². The van der Waals surface area contributed by atoms with Crippen molar-refractivity contribution < 1.29 is 13.2 Å². The fraction of sp³-hybridized carbons (Fsp3) is 0.368. The highest BCUT2D eigenvalue weighted by Gasteiger charge is 2.26. The van der Waals surface area contributed by atoms with Crippen LogP contribution in [0, 0.1) is 0 Å². The number of nitrogens with zero attached hydrogens (tertiary/aromatic N) is 5. The van der Waals surface area contributed by atoms with Gasteiger partial charge in [-0.15, -0.1) is 0 Å². The molecule has 2 aromatic heterocycles. The van der Waals surface area contributed by atoms with Crippen molar-refractivity contribution in [3.05, 3.63) is 50.9 Å². The average molecular weight is 431 g/mol. The molecule has 0 spiro atoms. The van der Waals surface area contributed by atoms with E-state index in [1.807, 2.05) is 0 Å². The molecule has 1 aromatic carbocycles. The van der Waals surface area contributed by atoms with Gasteiger partial charge >= 0.3 is 5.69 Å². The molecule has 0 bridgehead atoms. The molecule has 158 valence electrons. The number of anilines is 1. The largest absolute Gasteiger partial charge is 0.332 e. The Balaban J connectivity index is 1.74. The molecule has 0 N–H and O–H groups in total. The van der Waals surface area contributed by atoms with E-state index in [-0.39, 0.29) is 16.1 Å². The highest BCUT2D eigenvalue weighted by Crippen LogP contribution is 2.29. The average Bonchev–Trinajstić information content (AvgIpc) is 3.09. The lowest BCUT2D eigenvalue weighted by Gasteiger charge is -2.30. The SMILES string of the molecule is Cn1cnc2c1c(=O)n(CC(=O)N1CCCc3cc(S(C)(=O)=O)ccc31)c(=O)n2C. The van der Waals surface area contributed by atoms with Crippen LogP contribution in [-0.4, -0.2) is 45.8 Å². The summed E-state index contributed by atoms with van der Waals surface area (Å²) in [5, 5.41) is 0. The Hall–Kier alpha value is -3.21. The van der Waals surface area contributed by atoms with Crippen molar-refractivity contribution in [2.75, 3.05) is 17.7 Å². The lowest BCUT2D eigenvalue weighted by Crippen LogP contribution is -2.45. The van der Waals surface area contributed by atoms with E-state index in [1.165, 1.54) is 33.5 Å². The number of carbonyl (C=O) groups is 1. The second-order valence-corrected chi connectivity index (χ2v) is 9.49. The van der Waals surface area contributed by atoms with Gasteiger partial charge in [-0.1, -0.05) is 0 Å². The number of carbonyl (C=O) groups excluding carboxylic acids is 1. The predicted molar refractivity (Wildman–Crippen MR) is 110 cm³/mol. The molecule has 0 saturated carbocycles. The minimum atomic E-state index is -3.36. The van der Waals surface area contributed by atoms with Crippen LogP contribution in [0.25, 0.3) is 11.2 Å². The van der Waals surface area contributed by atoms with Gasteiger partial charge < -0.3 is 9.47 Å². The van der Waals surface area contributed by atoms with Crippen molar-refractivity contribution in [2.45, 2.75) is 24.3 Å². The second kappa shape index (κ2) is 6.94. The molecular weight excluding hydrogens is 410 g/mol. The van der Waals surface area contributed by atoms with Crippen LogP contribution < -0.4 is 16.1 Å². The van der Waals surface area contributed by atoms with E-state index in [0.717, 1.165) is 16.4 Å². The van der Waals surface area contributed by atoms with Gasteiger partial charge in [0.05, 0.1) is 11.2 Å². The fourth-order valence-electron chi connectivity index (χ4n) is 3.82. The number of rotatable bonds is 3. The summed E-state index contributed by atoms with van der Waals surface area (Å²) in [6.07, 6.45) is 3.87. The van der Waals surface area contributed by atoms with Crippen molar-refractivity contribution >= 4 is 32.6 Å². The first kappa shape index (κ1) is 20.1. The Morgan fingerprint density at radius 3 is 2.63 bits per heavy atom. The van der Waals surface area contributed by atoms with E-state index < -0.39 is 33.5 Å². The first-order valence-corrected chi connectivity index (χ1v) is 11.2. The van der Waals surface area contributed by atoms with Gasteiger partial charge in [0.25, 0.3) is 5.56 Å². The standard InChI is InChI=1S/C19H21N5O5S/c1-21-11-20-17-16(21)18(26)24(19(27)22(17)2)10-15(25)23-8-4-5-12-9-13(30(3,28)29)6-7-14(12)23/h6-7,9,11H,4-5,8,10H2,1-3H3. The van der Waals surface area contributed by atoms with E-state index >= 15 is 0 Å². The maximum Gasteiger partial charge on any atom is 0.332 e. The van der Waals surface area contributed by atoms with Crippen molar-refractivity contribution in [1.29, 1.82) is 0 Å².